The van der Waals surface area contributed by atoms with Gasteiger partial charge in [0, 0.05) is 6.42 Å². The van der Waals surface area contributed by atoms with Crippen molar-refractivity contribution in [1.82, 2.24) is 0 Å². The fourth-order valence-corrected chi connectivity index (χ4v) is 3.29. The molecule has 0 aromatic heterocycles. The Balaban J connectivity index is 1.85. The summed E-state index contributed by atoms with van der Waals surface area (Å²) >= 11 is 0. The van der Waals surface area contributed by atoms with E-state index < -0.39 is 26.5 Å². The van der Waals surface area contributed by atoms with E-state index in [1.54, 1.807) is 0 Å². The summed E-state index contributed by atoms with van der Waals surface area (Å²) in [6.07, 6.45) is 17.8. The molecular weight excluding hydrogens is 411 g/mol. The van der Waals surface area contributed by atoms with Gasteiger partial charge in [0.15, 0.2) is 0 Å². The number of phosphoric acid groups is 1. The monoisotopic (exact) mass is 448 g/mol. The van der Waals surface area contributed by atoms with E-state index in [4.69, 9.17) is 19.3 Å². The predicted molar refractivity (Wildman–Crippen MR) is 114 cm³/mol. The number of aliphatic hydroxyl groups excluding tert-OH is 1. The van der Waals surface area contributed by atoms with Crippen LogP contribution in [-0.2, 0) is 23.4 Å². The number of aliphatic hydroxyl groups is 1. The zero-order valence-corrected chi connectivity index (χ0v) is 18.8. The van der Waals surface area contributed by atoms with Gasteiger partial charge in [0.1, 0.15) is 12.7 Å². The van der Waals surface area contributed by atoms with Gasteiger partial charge < -0.3 is 24.4 Å². The van der Waals surface area contributed by atoms with Crippen molar-refractivity contribution in [3.63, 3.8) is 0 Å². The van der Waals surface area contributed by atoms with E-state index in [1.807, 2.05) is 0 Å². The Hall–Kier alpha value is -1.02. The molecule has 8 nitrogen and oxygen atoms in total. The third kappa shape index (κ3) is 15.8. The van der Waals surface area contributed by atoms with Crippen LogP contribution in [-0.4, -0.2) is 52.4 Å². The molecule has 174 valence electrons. The molecule has 3 N–H and O–H groups in total. The number of epoxide rings is 1. The van der Waals surface area contributed by atoms with Crippen molar-refractivity contribution in [2.45, 2.75) is 89.4 Å². The lowest BCUT2D eigenvalue weighted by Crippen LogP contribution is -2.23. The maximum absolute atomic E-state index is 11.6. The van der Waals surface area contributed by atoms with E-state index in [1.165, 1.54) is 0 Å². The van der Waals surface area contributed by atoms with Gasteiger partial charge in [-0.1, -0.05) is 50.5 Å². The van der Waals surface area contributed by atoms with Gasteiger partial charge in [-0.2, -0.15) is 0 Å². The van der Waals surface area contributed by atoms with Gasteiger partial charge in [0.2, 0.25) is 0 Å². The van der Waals surface area contributed by atoms with E-state index in [0.717, 1.165) is 57.8 Å². The molecule has 3 unspecified atom stereocenters. The molecule has 3 atom stereocenters. The second-order valence-corrected chi connectivity index (χ2v) is 8.70. The average Bonchev–Trinajstić information content (AvgIpc) is 3.46. The summed E-state index contributed by atoms with van der Waals surface area (Å²) in [5.74, 6) is -0.431. The number of allylic oxidation sites excluding steroid dienone is 3. The van der Waals surface area contributed by atoms with Crippen LogP contribution < -0.4 is 0 Å². The molecular formula is C21H37O8P. The van der Waals surface area contributed by atoms with E-state index in [0.29, 0.717) is 12.2 Å². The Bertz CT molecular complexity index is 571. The summed E-state index contributed by atoms with van der Waals surface area (Å²) < 4.78 is 25.0. The molecule has 1 aliphatic heterocycles. The minimum atomic E-state index is -4.63. The highest BCUT2D eigenvalue weighted by molar-refractivity contribution is 7.46. The molecule has 1 fully saturated rings. The molecule has 0 aromatic carbocycles. The summed E-state index contributed by atoms with van der Waals surface area (Å²) in [4.78, 5) is 28.6. The van der Waals surface area contributed by atoms with Crippen LogP contribution in [0.5, 0.6) is 0 Å². The fourth-order valence-electron chi connectivity index (χ4n) is 2.92. The maximum atomic E-state index is 11.6. The van der Waals surface area contributed by atoms with Crippen LogP contribution in [0.4, 0.5) is 0 Å². The Labute approximate surface area is 179 Å². The number of hydrogen-bond acceptors (Lipinski definition) is 6. The van der Waals surface area contributed by atoms with Crippen LogP contribution in [0.1, 0.15) is 71.1 Å². The lowest BCUT2D eigenvalue weighted by Gasteiger charge is -2.12. The number of phosphoric ester groups is 1. The Morgan fingerprint density at radius 2 is 1.73 bits per heavy atom. The van der Waals surface area contributed by atoms with Crippen LogP contribution in [0.3, 0.4) is 0 Å². The lowest BCUT2D eigenvalue weighted by atomic mass is 10.1. The molecule has 0 saturated carbocycles. The summed E-state index contributed by atoms with van der Waals surface area (Å²) in [5, 5.41) is 9.42. The van der Waals surface area contributed by atoms with Crippen molar-refractivity contribution < 1.29 is 38.3 Å². The van der Waals surface area contributed by atoms with Crippen molar-refractivity contribution in [3.05, 3.63) is 24.3 Å². The highest BCUT2D eigenvalue weighted by Crippen LogP contribution is 2.35. The minimum absolute atomic E-state index is 0.267. The number of esters is 1. The van der Waals surface area contributed by atoms with Crippen LogP contribution in [0, 0.1) is 0 Å². The van der Waals surface area contributed by atoms with Gasteiger partial charge in [-0.15, -0.1) is 0 Å². The Kier molecular flexibility index (Phi) is 14.2. The zero-order valence-electron chi connectivity index (χ0n) is 17.9. The number of carbonyl (C=O) groups excluding carboxylic acids is 1. The SMILES string of the molecule is CCC1OC1C/C=C\C/C=C\CCCCCCCC(=O)OCC(O)COP(=O)(O)O. The standard InChI is InChI=1S/C21H37O8P/c1-2-19-20(29-19)14-12-10-8-6-4-3-5-7-9-11-13-15-21(23)27-16-18(22)17-28-30(24,25)26/h4,6,10,12,18-20,22H,2-3,5,7-9,11,13-17H2,1H3,(H2,24,25,26)/b6-4-,12-10-. The zero-order chi connectivity index (χ0) is 22.2. The third-order valence-corrected chi connectivity index (χ3v) is 5.17. The third-order valence-electron chi connectivity index (χ3n) is 4.69. The van der Waals surface area contributed by atoms with Gasteiger partial charge in [0.05, 0.1) is 18.8 Å². The molecule has 9 heteroatoms. The van der Waals surface area contributed by atoms with Crippen LogP contribution >= 0.6 is 7.82 Å². The number of rotatable bonds is 18. The van der Waals surface area contributed by atoms with Crippen LogP contribution in [0.15, 0.2) is 24.3 Å². The molecule has 1 aliphatic rings. The van der Waals surface area contributed by atoms with Crippen molar-refractivity contribution in [1.29, 1.82) is 0 Å². The van der Waals surface area contributed by atoms with Crippen molar-refractivity contribution in [2.75, 3.05) is 13.2 Å². The van der Waals surface area contributed by atoms with Gasteiger partial charge >= 0.3 is 13.8 Å². The first-order valence-corrected chi connectivity index (χ1v) is 12.3. The highest BCUT2D eigenvalue weighted by Gasteiger charge is 2.35. The molecule has 0 bridgehead atoms. The van der Waals surface area contributed by atoms with Gasteiger partial charge in [0.25, 0.3) is 0 Å². The largest absolute Gasteiger partial charge is 0.469 e. The first-order valence-electron chi connectivity index (χ1n) is 10.8. The van der Waals surface area contributed by atoms with Gasteiger partial charge in [-0.25, -0.2) is 4.57 Å². The summed E-state index contributed by atoms with van der Waals surface area (Å²) in [5.41, 5.74) is 0. The molecule has 0 radical (unpaired) electrons. The fraction of sp³-hybridized carbons (Fsp3) is 0.762. The van der Waals surface area contributed by atoms with E-state index in [2.05, 4.69) is 35.8 Å². The lowest BCUT2D eigenvalue weighted by molar-refractivity contribution is -0.147. The molecule has 1 heterocycles. The summed E-state index contributed by atoms with van der Waals surface area (Å²) in [7, 11) is -4.63. The quantitative estimate of drug-likeness (QED) is 0.0950. The Morgan fingerprint density at radius 3 is 2.43 bits per heavy atom. The first kappa shape index (κ1) is 27.0. The molecule has 0 spiro atoms. The van der Waals surface area contributed by atoms with Gasteiger partial charge in [-0.05, 0) is 38.5 Å². The molecule has 30 heavy (non-hydrogen) atoms. The number of carbonyl (C=O) groups is 1. The topological polar surface area (TPSA) is 126 Å². The van der Waals surface area contributed by atoms with Gasteiger partial charge in [-0.3, -0.25) is 9.32 Å². The van der Waals surface area contributed by atoms with E-state index in [9.17, 15) is 14.5 Å². The molecule has 1 saturated heterocycles. The second-order valence-electron chi connectivity index (χ2n) is 7.47. The first-order chi connectivity index (χ1) is 14.3. The van der Waals surface area contributed by atoms with E-state index in [-0.39, 0.29) is 13.0 Å². The highest BCUT2D eigenvalue weighted by atomic mass is 31.2. The predicted octanol–water partition coefficient (Wildman–Crippen LogP) is 3.80. The number of hydrogen-bond donors (Lipinski definition) is 3. The van der Waals surface area contributed by atoms with Crippen molar-refractivity contribution in [3.8, 4) is 0 Å². The number of unbranched alkanes of at least 4 members (excludes halogenated alkanes) is 5. The smallest absolute Gasteiger partial charge is 0.463 e. The maximum Gasteiger partial charge on any atom is 0.469 e. The summed E-state index contributed by atoms with van der Waals surface area (Å²) in [6.45, 7) is 1.23. The van der Waals surface area contributed by atoms with E-state index >= 15 is 0 Å². The van der Waals surface area contributed by atoms with Crippen LogP contribution in [0.2, 0.25) is 0 Å². The molecule has 0 amide bonds. The average molecular weight is 448 g/mol. The summed E-state index contributed by atoms with van der Waals surface area (Å²) in [6, 6.07) is 0. The van der Waals surface area contributed by atoms with Crippen molar-refractivity contribution in [2.24, 2.45) is 0 Å². The van der Waals surface area contributed by atoms with Crippen LogP contribution in [0.25, 0.3) is 0 Å². The molecule has 0 aromatic rings. The molecule has 0 aliphatic carbocycles. The normalized spacial score (nSPS) is 20.1. The minimum Gasteiger partial charge on any atom is -0.463 e. The number of ether oxygens (including phenoxy) is 2. The second kappa shape index (κ2) is 15.7. The Morgan fingerprint density at radius 1 is 1.03 bits per heavy atom. The van der Waals surface area contributed by atoms with Crippen molar-refractivity contribution >= 4 is 13.8 Å². The molecule has 1 rings (SSSR count).